The molecule has 0 spiro atoms. The van der Waals surface area contributed by atoms with Crippen LogP contribution in [0, 0.1) is 5.92 Å². The second kappa shape index (κ2) is 8.00. The SMILES string of the molecule is COCCNC(=O)C1CNCC1c1cccc(OC)c1OC. The minimum Gasteiger partial charge on any atom is -0.493 e. The average Bonchev–Trinajstić information content (AvgIpc) is 3.03. The number of nitrogens with one attached hydrogen (secondary N) is 2. The zero-order valence-corrected chi connectivity index (χ0v) is 13.3. The summed E-state index contributed by atoms with van der Waals surface area (Å²) in [6, 6.07) is 5.78. The van der Waals surface area contributed by atoms with Gasteiger partial charge in [-0.1, -0.05) is 12.1 Å². The molecule has 1 aliphatic heterocycles. The quantitative estimate of drug-likeness (QED) is 0.728. The molecule has 1 amide bonds. The molecule has 1 aromatic carbocycles. The fourth-order valence-corrected chi connectivity index (χ4v) is 2.89. The van der Waals surface area contributed by atoms with Gasteiger partial charge >= 0.3 is 0 Å². The molecule has 6 heteroatoms. The molecule has 0 bridgehead atoms. The van der Waals surface area contributed by atoms with Gasteiger partial charge in [-0.3, -0.25) is 4.79 Å². The lowest BCUT2D eigenvalue weighted by molar-refractivity contribution is -0.125. The maximum absolute atomic E-state index is 12.4. The highest BCUT2D eigenvalue weighted by Crippen LogP contribution is 2.39. The van der Waals surface area contributed by atoms with Gasteiger partial charge < -0.3 is 24.8 Å². The van der Waals surface area contributed by atoms with Crippen molar-refractivity contribution in [2.45, 2.75) is 5.92 Å². The van der Waals surface area contributed by atoms with Gasteiger partial charge in [0.25, 0.3) is 0 Å². The van der Waals surface area contributed by atoms with Crippen molar-refractivity contribution < 1.29 is 19.0 Å². The minimum absolute atomic E-state index is 0.0388. The van der Waals surface area contributed by atoms with E-state index in [0.717, 1.165) is 12.1 Å². The van der Waals surface area contributed by atoms with Crippen molar-refractivity contribution >= 4 is 5.91 Å². The first-order chi connectivity index (χ1) is 10.7. The lowest BCUT2D eigenvalue weighted by atomic mass is 9.87. The van der Waals surface area contributed by atoms with Gasteiger partial charge in [0.05, 0.1) is 26.7 Å². The van der Waals surface area contributed by atoms with Crippen molar-refractivity contribution in [1.82, 2.24) is 10.6 Å². The van der Waals surface area contributed by atoms with Crippen LogP contribution < -0.4 is 20.1 Å². The Balaban J connectivity index is 2.18. The van der Waals surface area contributed by atoms with Crippen LogP contribution in [0.5, 0.6) is 11.5 Å². The Bertz CT molecular complexity index is 507. The molecule has 6 nitrogen and oxygen atoms in total. The third kappa shape index (κ3) is 3.51. The summed E-state index contributed by atoms with van der Waals surface area (Å²) in [6.07, 6.45) is 0. The lowest BCUT2D eigenvalue weighted by Crippen LogP contribution is -2.36. The maximum atomic E-state index is 12.4. The van der Waals surface area contributed by atoms with E-state index in [2.05, 4.69) is 10.6 Å². The highest BCUT2D eigenvalue weighted by Gasteiger charge is 2.36. The molecule has 1 aromatic rings. The van der Waals surface area contributed by atoms with E-state index < -0.39 is 0 Å². The Kier molecular flexibility index (Phi) is 6.03. The average molecular weight is 308 g/mol. The van der Waals surface area contributed by atoms with Crippen LogP contribution >= 0.6 is 0 Å². The summed E-state index contributed by atoms with van der Waals surface area (Å²) in [5, 5.41) is 6.21. The van der Waals surface area contributed by atoms with Gasteiger partial charge in [0, 0.05) is 38.2 Å². The van der Waals surface area contributed by atoms with Crippen LogP contribution in [0.2, 0.25) is 0 Å². The first-order valence-corrected chi connectivity index (χ1v) is 7.41. The van der Waals surface area contributed by atoms with Crippen molar-refractivity contribution in [2.75, 3.05) is 47.6 Å². The largest absolute Gasteiger partial charge is 0.493 e. The van der Waals surface area contributed by atoms with E-state index in [1.807, 2.05) is 18.2 Å². The molecule has 22 heavy (non-hydrogen) atoms. The monoisotopic (exact) mass is 308 g/mol. The summed E-state index contributed by atoms with van der Waals surface area (Å²) >= 11 is 0. The Labute approximate surface area is 131 Å². The van der Waals surface area contributed by atoms with Gasteiger partial charge in [-0.25, -0.2) is 0 Å². The van der Waals surface area contributed by atoms with Crippen molar-refractivity contribution in [2.24, 2.45) is 5.92 Å². The first-order valence-electron chi connectivity index (χ1n) is 7.41. The predicted octanol–water partition coefficient (Wildman–Crippen LogP) is 0.769. The molecule has 0 saturated carbocycles. The van der Waals surface area contributed by atoms with E-state index in [9.17, 15) is 4.79 Å². The Morgan fingerprint density at radius 2 is 2.09 bits per heavy atom. The van der Waals surface area contributed by atoms with Crippen LogP contribution in [0.1, 0.15) is 11.5 Å². The minimum atomic E-state index is -0.127. The molecule has 0 radical (unpaired) electrons. The van der Waals surface area contributed by atoms with Gasteiger partial charge in [0.2, 0.25) is 5.91 Å². The third-order valence-corrected chi connectivity index (χ3v) is 3.99. The highest BCUT2D eigenvalue weighted by atomic mass is 16.5. The summed E-state index contributed by atoms with van der Waals surface area (Å²) in [4.78, 5) is 12.4. The molecule has 0 aliphatic carbocycles. The van der Waals surface area contributed by atoms with Crippen LogP contribution in [-0.2, 0) is 9.53 Å². The molecule has 1 heterocycles. The zero-order chi connectivity index (χ0) is 15.9. The summed E-state index contributed by atoms with van der Waals surface area (Å²) < 4.78 is 15.8. The molecule has 122 valence electrons. The first kappa shape index (κ1) is 16.6. The molecule has 2 rings (SSSR count). The Hall–Kier alpha value is -1.79. The number of rotatable bonds is 7. The third-order valence-electron chi connectivity index (χ3n) is 3.99. The molecular formula is C16H24N2O4. The van der Waals surface area contributed by atoms with Crippen molar-refractivity contribution in [3.05, 3.63) is 23.8 Å². The normalized spacial score (nSPS) is 20.7. The number of hydrogen-bond acceptors (Lipinski definition) is 5. The number of methoxy groups -OCH3 is 3. The van der Waals surface area contributed by atoms with Crippen LogP contribution in [0.4, 0.5) is 0 Å². The smallest absolute Gasteiger partial charge is 0.225 e. The molecule has 2 unspecified atom stereocenters. The van der Waals surface area contributed by atoms with E-state index in [0.29, 0.717) is 31.2 Å². The van der Waals surface area contributed by atoms with E-state index >= 15 is 0 Å². The number of hydrogen-bond donors (Lipinski definition) is 2. The molecule has 2 N–H and O–H groups in total. The van der Waals surface area contributed by atoms with Crippen molar-refractivity contribution in [1.29, 1.82) is 0 Å². The fraction of sp³-hybridized carbons (Fsp3) is 0.562. The highest BCUT2D eigenvalue weighted by molar-refractivity contribution is 5.80. The molecule has 2 atom stereocenters. The van der Waals surface area contributed by atoms with Gasteiger partial charge in [-0.05, 0) is 6.07 Å². The van der Waals surface area contributed by atoms with Gasteiger partial charge in [0.15, 0.2) is 11.5 Å². The van der Waals surface area contributed by atoms with Gasteiger partial charge in [-0.15, -0.1) is 0 Å². The van der Waals surface area contributed by atoms with Crippen LogP contribution in [-0.4, -0.2) is 53.5 Å². The summed E-state index contributed by atoms with van der Waals surface area (Å²) in [5.41, 5.74) is 0.999. The Morgan fingerprint density at radius 3 is 2.77 bits per heavy atom. The number of carbonyl (C=O) groups excluding carboxylic acids is 1. The molecule has 1 fully saturated rings. The van der Waals surface area contributed by atoms with Gasteiger partial charge in [-0.2, -0.15) is 0 Å². The molecule has 1 saturated heterocycles. The molecule has 1 aliphatic rings. The Morgan fingerprint density at radius 1 is 1.27 bits per heavy atom. The number of amides is 1. The number of para-hydroxylation sites is 1. The standard InChI is InChI=1S/C16H24N2O4/c1-20-8-7-18-16(19)13-10-17-9-12(13)11-5-4-6-14(21-2)15(11)22-3/h4-6,12-13,17H,7-10H2,1-3H3,(H,18,19). The molecule has 0 aromatic heterocycles. The second-order valence-electron chi connectivity index (χ2n) is 5.24. The van der Waals surface area contributed by atoms with Gasteiger partial charge in [0.1, 0.15) is 0 Å². The van der Waals surface area contributed by atoms with E-state index in [1.165, 1.54) is 0 Å². The number of benzene rings is 1. The van der Waals surface area contributed by atoms with Crippen molar-refractivity contribution in [3.63, 3.8) is 0 Å². The lowest BCUT2D eigenvalue weighted by Gasteiger charge is -2.21. The van der Waals surface area contributed by atoms with E-state index in [4.69, 9.17) is 14.2 Å². The fourth-order valence-electron chi connectivity index (χ4n) is 2.89. The van der Waals surface area contributed by atoms with E-state index in [1.54, 1.807) is 21.3 Å². The number of ether oxygens (including phenoxy) is 3. The zero-order valence-electron chi connectivity index (χ0n) is 13.3. The predicted molar refractivity (Wildman–Crippen MR) is 83.5 cm³/mol. The van der Waals surface area contributed by atoms with Crippen LogP contribution in [0.25, 0.3) is 0 Å². The van der Waals surface area contributed by atoms with Crippen LogP contribution in [0.3, 0.4) is 0 Å². The summed E-state index contributed by atoms with van der Waals surface area (Å²) in [5.74, 6) is 1.36. The second-order valence-corrected chi connectivity index (χ2v) is 5.24. The van der Waals surface area contributed by atoms with Crippen LogP contribution in [0.15, 0.2) is 18.2 Å². The summed E-state index contributed by atoms with van der Waals surface area (Å²) in [6.45, 7) is 2.43. The molecular weight excluding hydrogens is 284 g/mol. The maximum Gasteiger partial charge on any atom is 0.225 e. The van der Waals surface area contributed by atoms with Crippen molar-refractivity contribution in [3.8, 4) is 11.5 Å². The number of carbonyl (C=O) groups is 1. The summed E-state index contributed by atoms with van der Waals surface area (Å²) in [7, 11) is 4.86. The topological polar surface area (TPSA) is 68.8 Å². The van der Waals surface area contributed by atoms with E-state index in [-0.39, 0.29) is 17.7 Å².